The average Bonchev–Trinajstić information content (AvgIpc) is 2.46. The number of aromatic nitrogens is 2. The zero-order valence-electron chi connectivity index (χ0n) is 10.4. The molecule has 102 valence electrons. The number of hydrogen-bond acceptors (Lipinski definition) is 6. The van der Waals surface area contributed by atoms with E-state index in [1.807, 2.05) is 0 Å². The first-order chi connectivity index (χ1) is 9.65. The minimum Gasteiger partial charge on any atom is -0.486 e. The lowest BCUT2D eigenvalue weighted by Gasteiger charge is -2.18. The van der Waals surface area contributed by atoms with E-state index >= 15 is 0 Å². The van der Waals surface area contributed by atoms with Crippen molar-refractivity contribution in [3.63, 3.8) is 0 Å². The van der Waals surface area contributed by atoms with Gasteiger partial charge in [-0.3, -0.25) is 9.78 Å². The van der Waals surface area contributed by atoms with Crippen molar-refractivity contribution in [3.8, 4) is 11.5 Å². The number of nitrogen functional groups attached to an aromatic ring is 1. The Labute approximate surface area is 113 Å². The van der Waals surface area contributed by atoms with E-state index in [1.54, 1.807) is 18.2 Å². The molecule has 7 nitrogen and oxygen atoms in total. The number of benzene rings is 1. The van der Waals surface area contributed by atoms with Crippen LogP contribution in [0.1, 0.15) is 15.9 Å². The second-order valence-corrected chi connectivity index (χ2v) is 4.20. The van der Waals surface area contributed by atoms with Gasteiger partial charge in [-0.05, 0) is 18.2 Å². The summed E-state index contributed by atoms with van der Waals surface area (Å²) in [5.74, 6) is 0.756. The Hall–Kier alpha value is -2.83. The summed E-state index contributed by atoms with van der Waals surface area (Å²) in [6.07, 6.45) is 1.16. The van der Waals surface area contributed by atoms with E-state index in [4.69, 9.17) is 15.2 Å². The number of fused-ring (bicyclic) bond motifs is 1. The number of carbonyl (C=O) groups is 1. The SMILES string of the molecule is Nc1[nH]c(=O)ncc1C(=O)c1ccc2c(c1)OCCO2. The molecule has 0 bridgehead atoms. The average molecular weight is 273 g/mol. The fourth-order valence-electron chi connectivity index (χ4n) is 1.93. The number of ketones is 1. The molecule has 0 spiro atoms. The molecule has 0 saturated carbocycles. The van der Waals surface area contributed by atoms with Gasteiger partial charge in [0.1, 0.15) is 19.0 Å². The summed E-state index contributed by atoms with van der Waals surface area (Å²) in [4.78, 5) is 29.1. The topological polar surface area (TPSA) is 107 Å². The van der Waals surface area contributed by atoms with Crippen molar-refractivity contribution in [2.45, 2.75) is 0 Å². The third-order valence-corrected chi connectivity index (χ3v) is 2.89. The Morgan fingerprint density at radius 1 is 1.25 bits per heavy atom. The van der Waals surface area contributed by atoms with Crippen LogP contribution in [0.3, 0.4) is 0 Å². The van der Waals surface area contributed by atoms with Crippen LogP contribution in [-0.4, -0.2) is 29.0 Å². The Morgan fingerprint density at radius 3 is 2.75 bits per heavy atom. The van der Waals surface area contributed by atoms with E-state index in [2.05, 4.69) is 9.97 Å². The molecule has 0 atom stereocenters. The molecule has 0 amide bonds. The smallest absolute Gasteiger partial charge is 0.346 e. The van der Waals surface area contributed by atoms with Crippen LogP contribution in [0, 0.1) is 0 Å². The Kier molecular flexibility index (Phi) is 2.86. The molecule has 3 N–H and O–H groups in total. The number of aromatic amines is 1. The third-order valence-electron chi connectivity index (χ3n) is 2.89. The van der Waals surface area contributed by atoms with Gasteiger partial charge in [-0.2, -0.15) is 0 Å². The van der Waals surface area contributed by atoms with Gasteiger partial charge in [0, 0.05) is 11.8 Å². The quantitative estimate of drug-likeness (QED) is 0.765. The zero-order chi connectivity index (χ0) is 14.1. The van der Waals surface area contributed by atoms with Crippen molar-refractivity contribution in [3.05, 3.63) is 46.0 Å². The summed E-state index contributed by atoms with van der Waals surface area (Å²) >= 11 is 0. The van der Waals surface area contributed by atoms with Crippen LogP contribution in [0.15, 0.2) is 29.2 Å². The Morgan fingerprint density at radius 2 is 2.00 bits per heavy atom. The number of ether oxygens (including phenoxy) is 2. The van der Waals surface area contributed by atoms with Crippen molar-refractivity contribution < 1.29 is 14.3 Å². The summed E-state index contributed by atoms with van der Waals surface area (Å²) in [5, 5.41) is 0. The maximum atomic E-state index is 12.3. The molecule has 2 heterocycles. The first-order valence-electron chi connectivity index (χ1n) is 5.94. The Bertz CT molecular complexity index is 739. The summed E-state index contributed by atoms with van der Waals surface area (Å²) in [6, 6.07) is 4.86. The van der Waals surface area contributed by atoms with E-state index in [1.165, 1.54) is 0 Å². The summed E-state index contributed by atoms with van der Waals surface area (Å²) in [6.45, 7) is 0.921. The van der Waals surface area contributed by atoms with Crippen LogP contribution < -0.4 is 20.9 Å². The predicted molar refractivity (Wildman–Crippen MR) is 70.1 cm³/mol. The van der Waals surface area contributed by atoms with Crippen molar-refractivity contribution >= 4 is 11.6 Å². The van der Waals surface area contributed by atoms with Gasteiger partial charge in [0.15, 0.2) is 17.3 Å². The molecular weight excluding hydrogens is 262 g/mol. The first kappa shape index (κ1) is 12.2. The van der Waals surface area contributed by atoms with E-state index < -0.39 is 5.69 Å². The van der Waals surface area contributed by atoms with Crippen LogP contribution in [-0.2, 0) is 0 Å². The molecule has 0 radical (unpaired) electrons. The summed E-state index contributed by atoms with van der Waals surface area (Å²) < 4.78 is 10.8. The van der Waals surface area contributed by atoms with Crippen LogP contribution >= 0.6 is 0 Å². The highest BCUT2D eigenvalue weighted by molar-refractivity contribution is 6.11. The first-order valence-corrected chi connectivity index (χ1v) is 5.94. The normalized spacial score (nSPS) is 13.0. The third kappa shape index (κ3) is 2.09. The van der Waals surface area contributed by atoms with Crippen molar-refractivity contribution in [1.29, 1.82) is 0 Å². The summed E-state index contributed by atoms with van der Waals surface area (Å²) in [5.41, 5.74) is 5.55. The van der Waals surface area contributed by atoms with Gasteiger partial charge in [-0.25, -0.2) is 9.78 Å². The van der Waals surface area contributed by atoms with Crippen molar-refractivity contribution in [2.75, 3.05) is 18.9 Å². The molecular formula is C13H11N3O4. The minimum atomic E-state index is -0.596. The van der Waals surface area contributed by atoms with E-state index in [0.717, 1.165) is 6.20 Å². The van der Waals surface area contributed by atoms with Gasteiger partial charge >= 0.3 is 5.69 Å². The standard InChI is InChI=1S/C13H11N3O4/c14-12-8(6-15-13(18)16-12)11(17)7-1-2-9-10(5-7)20-4-3-19-9/h1-2,5-6H,3-4H2,(H3,14,15,16,18). The van der Waals surface area contributed by atoms with Crippen LogP contribution in [0.2, 0.25) is 0 Å². The van der Waals surface area contributed by atoms with Gasteiger partial charge in [0.25, 0.3) is 0 Å². The number of hydrogen-bond donors (Lipinski definition) is 2. The molecule has 7 heteroatoms. The molecule has 1 aromatic carbocycles. The number of rotatable bonds is 2. The number of anilines is 1. The number of H-pyrrole nitrogens is 1. The number of nitrogens with zero attached hydrogens (tertiary/aromatic N) is 1. The van der Waals surface area contributed by atoms with Gasteiger partial charge in [-0.15, -0.1) is 0 Å². The molecule has 0 aliphatic carbocycles. The molecule has 1 aliphatic rings. The molecule has 2 aromatic rings. The number of nitrogens with two attached hydrogens (primary N) is 1. The van der Waals surface area contributed by atoms with E-state index in [0.29, 0.717) is 30.3 Å². The number of nitrogens with one attached hydrogen (secondary N) is 1. The van der Waals surface area contributed by atoms with Crippen LogP contribution in [0.5, 0.6) is 11.5 Å². The maximum absolute atomic E-state index is 12.3. The fourth-order valence-corrected chi connectivity index (χ4v) is 1.93. The van der Waals surface area contributed by atoms with Gasteiger partial charge < -0.3 is 15.2 Å². The van der Waals surface area contributed by atoms with Crippen molar-refractivity contribution in [2.24, 2.45) is 0 Å². The fraction of sp³-hybridized carbons (Fsp3) is 0.154. The molecule has 0 fully saturated rings. The lowest BCUT2D eigenvalue weighted by Crippen LogP contribution is -2.18. The lowest BCUT2D eigenvalue weighted by atomic mass is 10.0. The highest BCUT2D eigenvalue weighted by Crippen LogP contribution is 2.31. The highest BCUT2D eigenvalue weighted by atomic mass is 16.6. The largest absolute Gasteiger partial charge is 0.486 e. The second kappa shape index (κ2) is 4.69. The predicted octanol–water partition coefficient (Wildman–Crippen LogP) is 0.354. The van der Waals surface area contributed by atoms with Gasteiger partial charge in [0.2, 0.25) is 0 Å². The van der Waals surface area contributed by atoms with Crippen LogP contribution in [0.4, 0.5) is 5.82 Å². The second-order valence-electron chi connectivity index (χ2n) is 4.20. The molecule has 1 aromatic heterocycles. The minimum absolute atomic E-state index is 0.00936. The maximum Gasteiger partial charge on any atom is 0.346 e. The highest BCUT2D eigenvalue weighted by Gasteiger charge is 2.18. The monoisotopic (exact) mass is 273 g/mol. The summed E-state index contributed by atoms with van der Waals surface area (Å²) in [7, 11) is 0. The van der Waals surface area contributed by atoms with E-state index in [-0.39, 0.29) is 17.2 Å². The molecule has 0 unspecified atom stereocenters. The van der Waals surface area contributed by atoms with Gasteiger partial charge in [0.05, 0.1) is 5.56 Å². The molecule has 20 heavy (non-hydrogen) atoms. The zero-order valence-corrected chi connectivity index (χ0v) is 10.4. The number of carbonyl (C=O) groups excluding carboxylic acids is 1. The molecule has 0 saturated heterocycles. The molecule has 1 aliphatic heterocycles. The Balaban J connectivity index is 2.00. The molecule has 3 rings (SSSR count). The van der Waals surface area contributed by atoms with Gasteiger partial charge in [-0.1, -0.05) is 0 Å². The van der Waals surface area contributed by atoms with E-state index in [9.17, 15) is 9.59 Å². The van der Waals surface area contributed by atoms with Crippen LogP contribution in [0.25, 0.3) is 0 Å². The van der Waals surface area contributed by atoms with Crippen molar-refractivity contribution in [1.82, 2.24) is 9.97 Å². The lowest BCUT2D eigenvalue weighted by molar-refractivity contribution is 0.103.